The second kappa shape index (κ2) is 9.66. The highest BCUT2D eigenvalue weighted by Gasteiger charge is 2.15. The molecule has 1 unspecified atom stereocenters. The molecule has 140 valence electrons. The van der Waals surface area contributed by atoms with Gasteiger partial charge in [0.1, 0.15) is 4.88 Å². The summed E-state index contributed by atoms with van der Waals surface area (Å²) in [6, 6.07) is 8.19. The summed E-state index contributed by atoms with van der Waals surface area (Å²) in [5.74, 6) is 0.104. The van der Waals surface area contributed by atoms with E-state index in [1.165, 1.54) is 25.3 Å². The molecular weight excluding hydrogens is 374 g/mol. The SMILES string of the molecule is COC(=O)c1cnc(NC(=O)Cc2ccc(CC3CCNC3)cc2)s1.Cl. The van der Waals surface area contributed by atoms with Crippen molar-refractivity contribution in [1.82, 2.24) is 10.3 Å². The lowest BCUT2D eigenvalue weighted by atomic mass is 9.97. The fourth-order valence-corrected chi connectivity index (χ4v) is 3.64. The van der Waals surface area contributed by atoms with Gasteiger partial charge < -0.3 is 15.4 Å². The molecule has 0 bridgehead atoms. The molecule has 0 aliphatic carbocycles. The van der Waals surface area contributed by atoms with Crippen LogP contribution in [-0.2, 0) is 22.4 Å². The first-order valence-electron chi connectivity index (χ1n) is 8.26. The lowest BCUT2D eigenvalue weighted by Crippen LogP contribution is -2.14. The van der Waals surface area contributed by atoms with Crippen LogP contribution in [0.4, 0.5) is 5.13 Å². The maximum absolute atomic E-state index is 12.1. The minimum Gasteiger partial charge on any atom is -0.465 e. The summed E-state index contributed by atoms with van der Waals surface area (Å²) >= 11 is 1.10. The molecule has 1 aromatic heterocycles. The Morgan fingerprint density at radius 1 is 1.31 bits per heavy atom. The summed E-state index contributed by atoms with van der Waals surface area (Å²) in [7, 11) is 1.31. The highest BCUT2D eigenvalue weighted by Crippen LogP contribution is 2.19. The van der Waals surface area contributed by atoms with Crippen molar-refractivity contribution >= 4 is 40.8 Å². The van der Waals surface area contributed by atoms with E-state index in [-0.39, 0.29) is 24.7 Å². The minimum absolute atomic E-state index is 0. The summed E-state index contributed by atoms with van der Waals surface area (Å²) in [4.78, 5) is 27.9. The maximum atomic E-state index is 12.1. The van der Waals surface area contributed by atoms with Crippen LogP contribution in [0.2, 0.25) is 0 Å². The van der Waals surface area contributed by atoms with Crippen LogP contribution in [0.3, 0.4) is 0 Å². The third-order valence-electron chi connectivity index (χ3n) is 4.21. The van der Waals surface area contributed by atoms with Crippen LogP contribution in [0.5, 0.6) is 0 Å². The van der Waals surface area contributed by atoms with Gasteiger partial charge in [-0.05, 0) is 43.0 Å². The number of nitrogens with one attached hydrogen (secondary N) is 2. The number of anilines is 1. The molecule has 26 heavy (non-hydrogen) atoms. The van der Waals surface area contributed by atoms with Crippen LogP contribution in [0.15, 0.2) is 30.5 Å². The summed E-state index contributed by atoms with van der Waals surface area (Å²) in [6.45, 7) is 2.20. The normalized spacial score (nSPS) is 16.0. The molecule has 2 aromatic rings. The Labute approximate surface area is 162 Å². The Balaban J connectivity index is 0.00000243. The minimum atomic E-state index is -0.453. The molecule has 1 saturated heterocycles. The predicted molar refractivity (Wildman–Crippen MR) is 104 cm³/mol. The molecule has 1 amide bonds. The van der Waals surface area contributed by atoms with Crippen molar-refractivity contribution in [3.8, 4) is 0 Å². The van der Waals surface area contributed by atoms with Gasteiger partial charge in [-0.25, -0.2) is 9.78 Å². The summed E-state index contributed by atoms with van der Waals surface area (Å²) in [6.07, 6.45) is 3.98. The predicted octanol–water partition coefficient (Wildman–Crippen LogP) is 2.68. The highest BCUT2D eigenvalue weighted by molar-refractivity contribution is 7.17. The van der Waals surface area contributed by atoms with E-state index in [1.807, 2.05) is 12.1 Å². The van der Waals surface area contributed by atoms with E-state index in [9.17, 15) is 9.59 Å². The maximum Gasteiger partial charge on any atom is 0.349 e. The summed E-state index contributed by atoms with van der Waals surface area (Å²) in [5, 5.41) is 6.49. The highest BCUT2D eigenvalue weighted by atomic mass is 35.5. The fourth-order valence-electron chi connectivity index (χ4n) is 2.89. The smallest absolute Gasteiger partial charge is 0.349 e. The average Bonchev–Trinajstić information content (AvgIpc) is 3.28. The number of rotatable bonds is 6. The summed E-state index contributed by atoms with van der Waals surface area (Å²) in [5.41, 5.74) is 2.26. The van der Waals surface area contributed by atoms with Gasteiger partial charge in [0.15, 0.2) is 5.13 Å². The third kappa shape index (κ3) is 5.52. The number of hydrogen-bond donors (Lipinski definition) is 2. The molecule has 8 heteroatoms. The number of methoxy groups -OCH3 is 1. The van der Waals surface area contributed by atoms with Crippen molar-refractivity contribution in [3.05, 3.63) is 46.5 Å². The van der Waals surface area contributed by atoms with Gasteiger partial charge in [-0.1, -0.05) is 35.6 Å². The van der Waals surface area contributed by atoms with Crippen LogP contribution >= 0.6 is 23.7 Å². The second-order valence-corrected chi connectivity index (χ2v) is 7.16. The molecule has 2 heterocycles. The van der Waals surface area contributed by atoms with E-state index >= 15 is 0 Å². The molecule has 0 saturated carbocycles. The van der Waals surface area contributed by atoms with Gasteiger partial charge in [-0.2, -0.15) is 0 Å². The van der Waals surface area contributed by atoms with Gasteiger partial charge in [0, 0.05) is 0 Å². The van der Waals surface area contributed by atoms with Crippen LogP contribution in [-0.4, -0.2) is 37.1 Å². The molecule has 1 atom stereocenters. The van der Waals surface area contributed by atoms with Gasteiger partial charge in [0.25, 0.3) is 0 Å². The van der Waals surface area contributed by atoms with Crippen molar-refractivity contribution in [2.24, 2.45) is 5.92 Å². The number of thiazole rings is 1. The van der Waals surface area contributed by atoms with E-state index in [0.717, 1.165) is 36.4 Å². The fraction of sp³-hybridized carbons (Fsp3) is 0.389. The first-order chi connectivity index (χ1) is 12.1. The molecule has 1 fully saturated rings. The lowest BCUT2D eigenvalue weighted by molar-refractivity contribution is -0.115. The third-order valence-corrected chi connectivity index (χ3v) is 5.11. The molecule has 1 aliphatic rings. The Morgan fingerprint density at radius 3 is 2.69 bits per heavy atom. The van der Waals surface area contributed by atoms with E-state index < -0.39 is 5.97 Å². The molecule has 0 spiro atoms. The second-order valence-electron chi connectivity index (χ2n) is 6.13. The van der Waals surface area contributed by atoms with Crippen molar-refractivity contribution in [3.63, 3.8) is 0 Å². The van der Waals surface area contributed by atoms with Crippen molar-refractivity contribution < 1.29 is 14.3 Å². The number of halogens is 1. The van der Waals surface area contributed by atoms with E-state index in [1.54, 1.807) is 0 Å². The Bertz CT molecular complexity index is 742. The van der Waals surface area contributed by atoms with Gasteiger partial charge in [-0.15, -0.1) is 12.4 Å². The largest absolute Gasteiger partial charge is 0.465 e. The lowest BCUT2D eigenvalue weighted by Gasteiger charge is -2.09. The number of nitrogens with zero attached hydrogens (tertiary/aromatic N) is 1. The van der Waals surface area contributed by atoms with Crippen LogP contribution < -0.4 is 10.6 Å². The molecule has 2 N–H and O–H groups in total. The van der Waals surface area contributed by atoms with Crippen molar-refractivity contribution in [2.45, 2.75) is 19.3 Å². The molecule has 3 rings (SSSR count). The quantitative estimate of drug-likeness (QED) is 0.735. The van der Waals surface area contributed by atoms with Crippen LogP contribution in [0.1, 0.15) is 27.2 Å². The monoisotopic (exact) mass is 395 g/mol. The van der Waals surface area contributed by atoms with Crippen molar-refractivity contribution in [2.75, 3.05) is 25.5 Å². The Morgan fingerprint density at radius 2 is 2.04 bits per heavy atom. The number of amides is 1. The zero-order valence-electron chi connectivity index (χ0n) is 14.5. The number of esters is 1. The van der Waals surface area contributed by atoms with Gasteiger partial charge in [0.05, 0.1) is 19.7 Å². The number of aromatic nitrogens is 1. The molecule has 1 aliphatic heterocycles. The zero-order valence-corrected chi connectivity index (χ0v) is 16.1. The Kier molecular flexibility index (Phi) is 7.56. The summed E-state index contributed by atoms with van der Waals surface area (Å²) < 4.78 is 4.62. The number of benzene rings is 1. The van der Waals surface area contributed by atoms with E-state index in [0.29, 0.717) is 15.9 Å². The first kappa shape index (κ1) is 20.4. The molecule has 1 aromatic carbocycles. The number of carbonyl (C=O) groups excluding carboxylic acids is 2. The van der Waals surface area contributed by atoms with E-state index in [2.05, 4.69) is 32.5 Å². The van der Waals surface area contributed by atoms with E-state index in [4.69, 9.17) is 0 Å². The number of carbonyl (C=O) groups is 2. The topological polar surface area (TPSA) is 80.3 Å². The number of ether oxygens (including phenoxy) is 1. The van der Waals surface area contributed by atoms with Gasteiger partial charge in [0.2, 0.25) is 5.91 Å². The number of hydrogen-bond acceptors (Lipinski definition) is 6. The molecule has 6 nitrogen and oxygen atoms in total. The van der Waals surface area contributed by atoms with Gasteiger partial charge >= 0.3 is 5.97 Å². The molecular formula is C18H22ClN3O3S. The first-order valence-corrected chi connectivity index (χ1v) is 9.08. The standard InChI is InChI=1S/C18H21N3O3S.ClH/c1-24-17(23)15-11-20-18(25-15)21-16(22)9-13-4-2-12(3-5-13)8-14-6-7-19-10-14;/h2-5,11,14,19H,6-10H2,1H3,(H,20,21,22);1H. The van der Waals surface area contributed by atoms with Crippen molar-refractivity contribution in [1.29, 1.82) is 0 Å². The van der Waals surface area contributed by atoms with Crippen LogP contribution in [0.25, 0.3) is 0 Å². The van der Waals surface area contributed by atoms with Gasteiger partial charge in [-0.3, -0.25) is 4.79 Å². The zero-order chi connectivity index (χ0) is 17.6. The Hall–Kier alpha value is -1.96. The molecule has 0 radical (unpaired) electrons. The van der Waals surface area contributed by atoms with Crippen LogP contribution in [0, 0.1) is 5.92 Å². The average molecular weight is 396 g/mol.